The summed E-state index contributed by atoms with van der Waals surface area (Å²) in [6.45, 7) is 0. The van der Waals surface area contributed by atoms with Crippen LogP contribution in [0.25, 0.3) is 0 Å². The zero-order valence-corrected chi connectivity index (χ0v) is 6.58. The highest BCUT2D eigenvalue weighted by Crippen LogP contribution is 2.26. The first-order valence-corrected chi connectivity index (χ1v) is 3.60. The van der Waals surface area contributed by atoms with Gasteiger partial charge in [0.1, 0.15) is 11.9 Å². The first-order chi connectivity index (χ1) is 5.87. The number of hydrogen-bond donors (Lipinski definition) is 5. The van der Waals surface area contributed by atoms with E-state index in [-0.39, 0.29) is 0 Å². The summed E-state index contributed by atoms with van der Waals surface area (Å²) in [5, 5.41) is 44.8. The molecule has 1 aliphatic carbocycles. The van der Waals surface area contributed by atoms with Crippen LogP contribution in [0.2, 0.25) is 0 Å². The highest BCUT2D eigenvalue weighted by atomic mass is 16.4. The SMILES string of the molecule is O=C(O)[C@]1(O)C=C(O)[C@@H](O)[C@H](O)C1. The van der Waals surface area contributed by atoms with Crippen molar-refractivity contribution < 1.29 is 30.3 Å². The molecular formula is C7H10O6. The van der Waals surface area contributed by atoms with E-state index in [0.717, 1.165) is 0 Å². The Labute approximate surface area is 73.4 Å². The molecular weight excluding hydrogens is 180 g/mol. The predicted octanol–water partition coefficient (Wildman–Crippen LogP) is -1.63. The summed E-state index contributed by atoms with van der Waals surface area (Å²) in [6.07, 6.45) is -2.94. The average Bonchev–Trinajstić information content (AvgIpc) is 2.00. The van der Waals surface area contributed by atoms with Gasteiger partial charge >= 0.3 is 5.97 Å². The van der Waals surface area contributed by atoms with E-state index in [1.54, 1.807) is 0 Å². The molecule has 0 saturated carbocycles. The number of carboxylic acid groups (broad SMARTS) is 1. The Bertz CT molecular complexity index is 260. The van der Waals surface area contributed by atoms with Gasteiger partial charge in [0, 0.05) is 6.42 Å². The fourth-order valence-corrected chi connectivity index (χ4v) is 1.17. The summed E-state index contributed by atoms with van der Waals surface area (Å²) in [4.78, 5) is 10.5. The van der Waals surface area contributed by atoms with Crippen molar-refractivity contribution in [1.29, 1.82) is 0 Å². The van der Waals surface area contributed by atoms with Crippen molar-refractivity contribution in [3.05, 3.63) is 11.8 Å². The third kappa shape index (κ3) is 1.64. The third-order valence-corrected chi connectivity index (χ3v) is 1.94. The molecule has 74 valence electrons. The van der Waals surface area contributed by atoms with Crippen LogP contribution in [0, 0.1) is 0 Å². The van der Waals surface area contributed by atoms with E-state index in [0.29, 0.717) is 6.08 Å². The second-order valence-corrected chi connectivity index (χ2v) is 3.01. The molecule has 0 radical (unpaired) electrons. The lowest BCUT2D eigenvalue weighted by Gasteiger charge is -2.30. The van der Waals surface area contributed by atoms with Gasteiger partial charge in [-0.15, -0.1) is 0 Å². The first-order valence-electron chi connectivity index (χ1n) is 3.60. The average molecular weight is 190 g/mol. The van der Waals surface area contributed by atoms with E-state index in [4.69, 9.17) is 20.4 Å². The second kappa shape index (κ2) is 2.99. The summed E-state index contributed by atoms with van der Waals surface area (Å²) < 4.78 is 0. The maximum atomic E-state index is 10.5. The maximum absolute atomic E-state index is 10.5. The van der Waals surface area contributed by atoms with Crippen LogP contribution in [0.4, 0.5) is 0 Å². The van der Waals surface area contributed by atoms with Crippen molar-refractivity contribution in [3.63, 3.8) is 0 Å². The minimum Gasteiger partial charge on any atom is -0.510 e. The van der Waals surface area contributed by atoms with Crippen LogP contribution in [-0.2, 0) is 4.79 Å². The van der Waals surface area contributed by atoms with E-state index < -0.39 is 36.0 Å². The monoisotopic (exact) mass is 190 g/mol. The summed E-state index contributed by atoms with van der Waals surface area (Å²) in [5.74, 6) is -2.31. The van der Waals surface area contributed by atoms with Crippen molar-refractivity contribution >= 4 is 5.97 Å². The predicted molar refractivity (Wildman–Crippen MR) is 39.9 cm³/mol. The summed E-state index contributed by atoms with van der Waals surface area (Å²) >= 11 is 0. The molecule has 0 spiro atoms. The van der Waals surface area contributed by atoms with Gasteiger partial charge in [-0.2, -0.15) is 0 Å². The molecule has 0 aliphatic heterocycles. The smallest absolute Gasteiger partial charge is 0.340 e. The van der Waals surface area contributed by atoms with Gasteiger partial charge in [-0.05, 0) is 6.08 Å². The van der Waals surface area contributed by atoms with Crippen molar-refractivity contribution in [3.8, 4) is 0 Å². The van der Waals surface area contributed by atoms with E-state index in [1.165, 1.54) is 0 Å². The lowest BCUT2D eigenvalue weighted by Crippen LogP contribution is -2.48. The molecule has 0 heterocycles. The van der Waals surface area contributed by atoms with Gasteiger partial charge in [0.2, 0.25) is 0 Å². The van der Waals surface area contributed by atoms with Crippen molar-refractivity contribution in [1.82, 2.24) is 0 Å². The number of aliphatic carboxylic acids is 1. The normalized spacial score (nSPS) is 39.8. The summed E-state index contributed by atoms with van der Waals surface area (Å²) in [7, 11) is 0. The Morgan fingerprint density at radius 1 is 1.54 bits per heavy atom. The second-order valence-electron chi connectivity index (χ2n) is 3.01. The van der Waals surface area contributed by atoms with Crippen LogP contribution >= 0.6 is 0 Å². The fraction of sp³-hybridized carbons (Fsp3) is 0.571. The molecule has 0 amide bonds. The molecule has 0 fully saturated rings. The van der Waals surface area contributed by atoms with Crippen LogP contribution in [0.1, 0.15) is 6.42 Å². The Kier molecular flexibility index (Phi) is 2.29. The first kappa shape index (κ1) is 9.97. The molecule has 6 nitrogen and oxygen atoms in total. The number of carboxylic acids is 1. The van der Waals surface area contributed by atoms with E-state index >= 15 is 0 Å². The molecule has 1 aliphatic rings. The number of hydrogen-bond acceptors (Lipinski definition) is 5. The van der Waals surface area contributed by atoms with E-state index in [9.17, 15) is 9.90 Å². The molecule has 3 atom stereocenters. The van der Waals surface area contributed by atoms with E-state index in [1.807, 2.05) is 0 Å². The summed E-state index contributed by atoms with van der Waals surface area (Å²) in [5.41, 5.74) is -2.30. The lowest BCUT2D eigenvalue weighted by molar-refractivity contribution is -0.159. The number of aliphatic hydroxyl groups is 4. The van der Waals surface area contributed by atoms with Crippen LogP contribution in [0.5, 0.6) is 0 Å². The number of carbonyl (C=O) groups is 1. The fourth-order valence-electron chi connectivity index (χ4n) is 1.17. The zero-order chi connectivity index (χ0) is 10.2. The van der Waals surface area contributed by atoms with Crippen molar-refractivity contribution in [2.24, 2.45) is 0 Å². The minimum absolute atomic E-state index is 0.548. The molecule has 0 unspecified atom stereocenters. The van der Waals surface area contributed by atoms with Gasteiger partial charge in [0.25, 0.3) is 0 Å². The van der Waals surface area contributed by atoms with Gasteiger partial charge < -0.3 is 25.5 Å². The maximum Gasteiger partial charge on any atom is 0.340 e. The van der Waals surface area contributed by atoms with Crippen LogP contribution < -0.4 is 0 Å². The summed E-state index contributed by atoms with van der Waals surface area (Å²) in [6, 6.07) is 0. The van der Waals surface area contributed by atoms with Crippen LogP contribution in [-0.4, -0.2) is 49.3 Å². The molecule has 0 saturated heterocycles. The van der Waals surface area contributed by atoms with Crippen molar-refractivity contribution in [2.45, 2.75) is 24.2 Å². The lowest BCUT2D eigenvalue weighted by atomic mass is 9.86. The molecule has 13 heavy (non-hydrogen) atoms. The van der Waals surface area contributed by atoms with Gasteiger partial charge in [0.15, 0.2) is 5.60 Å². The Hall–Kier alpha value is -1.11. The third-order valence-electron chi connectivity index (χ3n) is 1.94. The molecule has 0 aromatic carbocycles. The molecule has 1 rings (SSSR count). The molecule has 0 aromatic heterocycles. The van der Waals surface area contributed by atoms with Crippen molar-refractivity contribution in [2.75, 3.05) is 0 Å². The van der Waals surface area contributed by atoms with Crippen LogP contribution in [0.3, 0.4) is 0 Å². The highest BCUT2D eigenvalue weighted by Gasteiger charge is 2.43. The number of rotatable bonds is 1. The Morgan fingerprint density at radius 3 is 2.46 bits per heavy atom. The quantitative estimate of drug-likeness (QED) is 0.339. The molecule has 6 heteroatoms. The Balaban J connectivity index is 3.00. The largest absolute Gasteiger partial charge is 0.510 e. The molecule has 5 N–H and O–H groups in total. The van der Waals surface area contributed by atoms with Gasteiger partial charge in [0.05, 0.1) is 6.10 Å². The van der Waals surface area contributed by atoms with Crippen LogP contribution in [0.15, 0.2) is 11.8 Å². The van der Waals surface area contributed by atoms with E-state index in [2.05, 4.69) is 0 Å². The highest BCUT2D eigenvalue weighted by molar-refractivity contribution is 5.80. The molecule has 0 aromatic rings. The minimum atomic E-state index is -2.30. The van der Waals surface area contributed by atoms with Gasteiger partial charge in [-0.25, -0.2) is 4.79 Å². The Morgan fingerprint density at radius 2 is 2.08 bits per heavy atom. The van der Waals surface area contributed by atoms with Gasteiger partial charge in [-0.1, -0.05) is 0 Å². The van der Waals surface area contributed by atoms with Gasteiger partial charge in [-0.3, -0.25) is 0 Å². The zero-order valence-electron chi connectivity index (χ0n) is 6.58. The molecule has 0 bridgehead atoms. The standard InChI is InChI=1S/C7H10O6/c8-3-1-7(13,6(11)12)2-4(9)5(3)10/h1,4-5,8-10,13H,2H2,(H,11,12)/t4-,5-,7+/m1/s1. The topological polar surface area (TPSA) is 118 Å². The number of aliphatic hydroxyl groups excluding tert-OH is 3.